The molecule has 39 heavy (non-hydrogen) atoms. The lowest BCUT2D eigenvalue weighted by Gasteiger charge is -2.35. The van der Waals surface area contributed by atoms with E-state index >= 15 is 0 Å². The van der Waals surface area contributed by atoms with Crippen molar-refractivity contribution in [2.45, 2.75) is 44.6 Å². The molecule has 210 valence electrons. The van der Waals surface area contributed by atoms with Gasteiger partial charge in [-0.05, 0) is 48.7 Å². The number of alkyl halides is 2. The maximum absolute atomic E-state index is 13.0. The Bertz CT molecular complexity index is 1110. The van der Waals surface area contributed by atoms with Crippen LogP contribution in [0.1, 0.15) is 31.7 Å². The molecule has 2 heterocycles. The molecule has 0 radical (unpaired) electrons. The van der Waals surface area contributed by atoms with E-state index in [1.165, 1.54) is 37.2 Å². The van der Waals surface area contributed by atoms with Crippen molar-refractivity contribution in [3.05, 3.63) is 90.4 Å². The van der Waals surface area contributed by atoms with E-state index in [1.54, 1.807) is 24.1 Å². The molecule has 1 aromatic heterocycles. The number of carbonyl (C=O) groups is 2. The Labute approximate surface area is 228 Å². The van der Waals surface area contributed by atoms with Crippen molar-refractivity contribution in [3.8, 4) is 0 Å². The molecule has 3 aromatic rings. The molecular weight excluding hydrogens is 505 g/mol. The van der Waals surface area contributed by atoms with Gasteiger partial charge in [-0.3, -0.25) is 4.79 Å². The number of likely N-dealkylation sites (N-methyl/N-ethyl adjacent to an activating group) is 1. The fourth-order valence-electron chi connectivity index (χ4n) is 3.86. The van der Waals surface area contributed by atoms with E-state index in [4.69, 9.17) is 4.79 Å². The molecule has 2 aromatic carbocycles. The first-order valence-corrected chi connectivity index (χ1v) is 12.9. The molecule has 1 aliphatic heterocycles. The maximum Gasteiger partial charge on any atom is 0.252 e. The molecule has 9 heteroatoms. The highest BCUT2D eigenvalue weighted by Gasteiger charge is 2.45. The van der Waals surface area contributed by atoms with Gasteiger partial charge in [-0.25, -0.2) is 18.2 Å². The Morgan fingerprint density at radius 1 is 1.05 bits per heavy atom. The number of nitrogens with one attached hydrogen (secondary N) is 1. The third kappa shape index (κ3) is 11.2. The van der Waals surface area contributed by atoms with Gasteiger partial charge < -0.3 is 19.9 Å². The number of halogens is 3. The van der Waals surface area contributed by atoms with Gasteiger partial charge in [0.1, 0.15) is 18.4 Å². The summed E-state index contributed by atoms with van der Waals surface area (Å²) in [7, 11) is 1.64. The normalized spacial score (nSPS) is 14.8. The standard InChI is InChI=1S/C13H15F3N2O.C8H10N2.C8H10.CH2O/c1-18(11-4-2-3-9(14)5-11)8-12(19)17-10-6-13(15,16)7-10;1-2-5-9-8(4-1)10-6-3-7-10;1-2-8-6-4-3-5-7-8;1-2/h2-5,10H,6-8H2,1H3,(H,17,19);1-2,4-5H,3,6-7H2;3-7H,2H2,1H3;1H2. The fraction of sp³-hybridized carbons (Fsp3) is 0.367. The van der Waals surface area contributed by atoms with E-state index < -0.39 is 12.0 Å². The first-order chi connectivity index (χ1) is 18.8. The maximum atomic E-state index is 13.0. The number of anilines is 2. The van der Waals surface area contributed by atoms with E-state index in [9.17, 15) is 18.0 Å². The number of rotatable bonds is 6. The number of nitrogens with zero attached hydrogens (tertiary/aromatic N) is 3. The second kappa shape index (κ2) is 16.2. The zero-order chi connectivity index (χ0) is 28.7. The summed E-state index contributed by atoms with van der Waals surface area (Å²) in [5, 5.41) is 2.53. The average Bonchev–Trinajstić information content (AvgIpc) is 2.89. The van der Waals surface area contributed by atoms with Crippen molar-refractivity contribution in [3.63, 3.8) is 0 Å². The zero-order valence-electron chi connectivity index (χ0n) is 22.5. The van der Waals surface area contributed by atoms with Crippen LogP contribution in [0.4, 0.5) is 24.7 Å². The van der Waals surface area contributed by atoms with Gasteiger partial charge in [-0.15, -0.1) is 0 Å². The Kier molecular flexibility index (Phi) is 13.0. The molecule has 1 saturated heterocycles. The molecule has 2 fully saturated rings. The Balaban J connectivity index is 0.000000222. The Morgan fingerprint density at radius 3 is 2.21 bits per heavy atom. The highest BCUT2D eigenvalue weighted by Crippen LogP contribution is 2.37. The summed E-state index contributed by atoms with van der Waals surface area (Å²) in [5.74, 6) is -2.25. The van der Waals surface area contributed by atoms with E-state index in [2.05, 4.69) is 52.5 Å². The van der Waals surface area contributed by atoms with Crippen LogP contribution in [0.3, 0.4) is 0 Å². The monoisotopic (exact) mass is 542 g/mol. The minimum absolute atomic E-state index is 0.00548. The van der Waals surface area contributed by atoms with Crippen LogP contribution in [0.5, 0.6) is 0 Å². The first kappa shape index (κ1) is 31.3. The van der Waals surface area contributed by atoms with Crippen LogP contribution in [0.2, 0.25) is 0 Å². The second-order valence-electron chi connectivity index (χ2n) is 9.23. The van der Waals surface area contributed by atoms with E-state index in [-0.39, 0.29) is 31.1 Å². The number of amides is 1. The molecule has 5 rings (SSSR count). The van der Waals surface area contributed by atoms with Crippen LogP contribution in [0.15, 0.2) is 79.0 Å². The van der Waals surface area contributed by atoms with Gasteiger partial charge in [0, 0.05) is 50.9 Å². The Morgan fingerprint density at radius 2 is 1.72 bits per heavy atom. The van der Waals surface area contributed by atoms with Crippen LogP contribution in [0.25, 0.3) is 0 Å². The molecule has 1 aliphatic carbocycles. The molecule has 0 unspecified atom stereocenters. The van der Waals surface area contributed by atoms with Gasteiger partial charge >= 0.3 is 0 Å². The predicted molar refractivity (Wildman–Crippen MR) is 150 cm³/mol. The quantitative estimate of drug-likeness (QED) is 0.444. The first-order valence-electron chi connectivity index (χ1n) is 12.9. The number of hydrogen-bond acceptors (Lipinski definition) is 5. The fourth-order valence-corrected chi connectivity index (χ4v) is 3.86. The summed E-state index contributed by atoms with van der Waals surface area (Å²) in [4.78, 5) is 27.7. The Hall–Kier alpha value is -3.88. The van der Waals surface area contributed by atoms with E-state index in [0.29, 0.717) is 5.69 Å². The summed E-state index contributed by atoms with van der Waals surface area (Å²) >= 11 is 0. The summed E-state index contributed by atoms with van der Waals surface area (Å²) in [6, 6.07) is 21.9. The highest BCUT2D eigenvalue weighted by molar-refractivity contribution is 5.81. The minimum atomic E-state index is -2.65. The van der Waals surface area contributed by atoms with Crippen molar-refractivity contribution < 1.29 is 22.8 Å². The summed E-state index contributed by atoms with van der Waals surface area (Å²) in [6.07, 6.45) is 3.69. The molecule has 6 nitrogen and oxygen atoms in total. The molecule has 2 aliphatic rings. The van der Waals surface area contributed by atoms with Crippen LogP contribution < -0.4 is 15.1 Å². The average molecular weight is 543 g/mol. The number of aromatic nitrogens is 1. The van der Waals surface area contributed by atoms with Gasteiger partial charge in [-0.1, -0.05) is 49.4 Å². The third-order valence-electron chi connectivity index (χ3n) is 6.17. The van der Waals surface area contributed by atoms with Crippen molar-refractivity contribution in [2.75, 3.05) is 36.5 Å². The van der Waals surface area contributed by atoms with Crippen LogP contribution in [0, 0.1) is 5.82 Å². The summed E-state index contributed by atoms with van der Waals surface area (Å²) in [5.41, 5.74) is 1.97. The molecule has 1 amide bonds. The zero-order valence-corrected chi connectivity index (χ0v) is 22.5. The lowest BCUT2D eigenvalue weighted by Crippen LogP contribution is -2.52. The molecule has 0 bridgehead atoms. The highest BCUT2D eigenvalue weighted by atomic mass is 19.3. The van der Waals surface area contributed by atoms with Gasteiger partial charge in [0.25, 0.3) is 5.92 Å². The third-order valence-corrected chi connectivity index (χ3v) is 6.17. The SMILES string of the molecule is C=O.CCc1ccccc1.CN(CC(=O)NC1CC(F)(F)C1)c1cccc(F)c1.c1ccc(N2CCC2)nc1. The van der Waals surface area contributed by atoms with Crippen molar-refractivity contribution in [1.29, 1.82) is 0 Å². The van der Waals surface area contributed by atoms with Gasteiger partial charge in [-0.2, -0.15) is 0 Å². The van der Waals surface area contributed by atoms with E-state index in [0.717, 1.165) is 12.2 Å². The summed E-state index contributed by atoms with van der Waals surface area (Å²) < 4.78 is 38.2. The molecule has 1 N–H and O–H groups in total. The number of pyridine rings is 1. The van der Waals surface area contributed by atoms with Crippen molar-refractivity contribution in [1.82, 2.24) is 10.3 Å². The molecule has 1 saturated carbocycles. The molecule has 0 atom stereocenters. The van der Waals surface area contributed by atoms with Crippen molar-refractivity contribution in [2.24, 2.45) is 0 Å². The smallest absolute Gasteiger partial charge is 0.252 e. The van der Waals surface area contributed by atoms with Gasteiger partial charge in [0.15, 0.2) is 0 Å². The summed E-state index contributed by atoms with van der Waals surface area (Å²) in [6.45, 7) is 6.52. The minimum Gasteiger partial charge on any atom is -0.365 e. The molecule has 0 spiro atoms. The lowest BCUT2D eigenvalue weighted by molar-refractivity contribution is -0.127. The van der Waals surface area contributed by atoms with E-state index in [1.807, 2.05) is 31.2 Å². The van der Waals surface area contributed by atoms with Crippen LogP contribution in [-0.2, 0) is 16.0 Å². The van der Waals surface area contributed by atoms with Gasteiger partial charge in [0.05, 0.1) is 6.54 Å². The lowest BCUT2D eigenvalue weighted by atomic mass is 9.88. The van der Waals surface area contributed by atoms with Crippen LogP contribution in [-0.4, -0.2) is 56.3 Å². The van der Waals surface area contributed by atoms with Crippen LogP contribution >= 0.6 is 0 Å². The largest absolute Gasteiger partial charge is 0.365 e. The number of aryl methyl sites for hydroxylation is 1. The van der Waals surface area contributed by atoms with Gasteiger partial charge in [0.2, 0.25) is 5.91 Å². The number of carbonyl (C=O) groups excluding carboxylic acids is 2. The van der Waals surface area contributed by atoms with Crippen molar-refractivity contribution >= 4 is 24.2 Å². The predicted octanol–water partition coefficient (Wildman–Crippen LogP) is 5.53. The number of benzene rings is 2. The second-order valence-corrected chi connectivity index (χ2v) is 9.23. The topological polar surface area (TPSA) is 65.5 Å². The molecular formula is C30H37F3N4O2. The number of hydrogen-bond donors (Lipinski definition) is 1.